The average Bonchev–Trinajstić information content (AvgIpc) is 3.35. The fraction of sp³-hybridized carbons (Fsp3) is 0.724. The summed E-state index contributed by atoms with van der Waals surface area (Å²) >= 11 is 0. The Morgan fingerprint density at radius 2 is 1.53 bits per heavy atom. The first kappa shape index (κ1) is 30.3. The van der Waals surface area contributed by atoms with E-state index in [1.54, 1.807) is 24.3 Å². The van der Waals surface area contributed by atoms with Gasteiger partial charge in [-0.25, -0.2) is 4.79 Å². The largest absolute Gasteiger partial charge is 0.481 e. The third-order valence-electron chi connectivity index (χ3n) is 6.92. The molecular formula is C29H46N2O7. The van der Waals surface area contributed by atoms with Crippen LogP contribution in [0.15, 0.2) is 24.3 Å². The Morgan fingerprint density at radius 3 is 2.16 bits per heavy atom. The zero-order chi connectivity index (χ0) is 27.4. The third-order valence-corrected chi connectivity index (χ3v) is 6.92. The van der Waals surface area contributed by atoms with Gasteiger partial charge in [-0.1, -0.05) is 76.8 Å². The van der Waals surface area contributed by atoms with Gasteiger partial charge in [-0.15, -0.1) is 0 Å². The van der Waals surface area contributed by atoms with Gasteiger partial charge >= 0.3 is 12.0 Å². The van der Waals surface area contributed by atoms with Gasteiger partial charge in [0, 0.05) is 18.8 Å². The lowest BCUT2D eigenvalue weighted by molar-refractivity contribution is -0.232. The molecule has 9 heteroatoms. The van der Waals surface area contributed by atoms with E-state index >= 15 is 0 Å². The van der Waals surface area contributed by atoms with Gasteiger partial charge in [0.25, 0.3) is 0 Å². The molecule has 0 aromatic heterocycles. The minimum absolute atomic E-state index is 0.0606. The van der Waals surface area contributed by atoms with E-state index in [2.05, 4.69) is 17.6 Å². The Morgan fingerprint density at radius 1 is 0.921 bits per heavy atom. The van der Waals surface area contributed by atoms with Gasteiger partial charge in [0.15, 0.2) is 12.1 Å². The van der Waals surface area contributed by atoms with Gasteiger partial charge in [0.2, 0.25) is 0 Å². The summed E-state index contributed by atoms with van der Waals surface area (Å²) in [6.07, 6.45) is 11.0. The topological polar surface area (TPSA) is 115 Å². The minimum atomic E-state index is -0.898. The van der Waals surface area contributed by atoms with Crippen LogP contribution in [0.25, 0.3) is 0 Å². The molecule has 1 aromatic rings. The van der Waals surface area contributed by atoms with Gasteiger partial charge in [0.05, 0.1) is 6.42 Å². The number of hydrogen-bond donors (Lipinski definition) is 3. The molecule has 0 aliphatic carbocycles. The number of rotatable bonds is 17. The maximum Gasteiger partial charge on any atom is 0.319 e. The van der Waals surface area contributed by atoms with Crippen molar-refractivity contribution in [2.24, 2.45) is 0 Å². The molecule has 2 fully saturated rings. The molecule has 0 bridgehead atoms. The highest BCUT2D eigenvalue weighted by molar-refractivity contribution is 5.89. The predicted octanol–water partition coefficient (Wildman–Crippen LogP) is 5.62. The van der Waals surface area contributed by atoms with E-state index in [-0.39, 0.29) is 31.2 Å². The lowest BCUT2D eigenvalue weighted by atomic mass is 10.1. The molecule has 2 aliphatic rings. The average molecular weight is 535 g/mol. The van der Waals surface area contributed by atoms with Crippen LogP contribution in [-0.2, 0) is 30.2 Å². The number of carbonyl (C=O) groups excluding carboxylic acids is 1. The van der Waals surface area contributed by atoms with Crippen LogP contribution < -0.4 is 10.6 Å². The summed E-state index contributed by atoms with van der Waals surface area (Å²) in [5.74, 6) is -1.64. The van der Waals surface area contributed by atoms with Crippen LogP contribution in [0.1, 0.15) is 90.5 Å². The fourth-order valence-corrected chi connectivity index (χ4v) is 4.98. The minimum Gasteiger partial charge on any atom is -0.481 e. The first-order valence-corrected chi connectivity index (χ1v) is 14.3. The van der Waals surface area contributed by atoms with E-state index < -0.39 is 24.2 Å². The molecule has 3 N–H and O–H groups in total. The standard InChI is InChI=1S/C29H46N2O7/c1-4-5-6-7-8-9-10-11-12-13-18-35-27-26-25(37-29(2,3)38-26)23(36-27)20-30-28(34)31-22-16-14-21(15-17-22)19-24(32)33/h14-17,23,25-27H,4-13,18-20H2,1-3H3,(H,32,33)(H2,30,31,34)/t23-,25+,26+,27+/m1/s1. The number of unbranched alkanes of at least 4 members (excludes halogenated alkanes) is 9. The normalized spacial score (nSPS) is 23.8. The monoisotopic (exact) mass is 534 g/mol. The number of aliphatic carboxylic acids is 1. The second kappa shape index (κ2) is 15.4. The van der Waals surface area contributed by atoms with Gasteiger partial charge < -0.3 is 34.7 Å². The second-order valence-electron chi connectivity index (χ2n) is 10.8. The maximum absolute atomic E-state index is 12.4. The summed E-state index contributed by atoms with van der Waals surface area (Å²) in [6, 6.07) is 6.32. The smallest absolute Gasteiger partial charge is 0.319 e. The van der Waals surface area contributed by atoms with Crippen molar-refractivity contribution in [1.29, 1.82) is 0 Å². The predicted molar refractivity (Wildman–Crippen MR) is 145 cm³/mol. The first-order chi connectivity index (χ1) is 18.3. The molecule has 38 heavy (non-hydrogen) atoms. The van der Waals surface area contributed by atoms with Gasteiger partial charge in [-0.2, -0.15) is 0 Å². The van der Waals surface area contributed by atoms with Gasteiger partial charge in [-0.3, -0.25) is 4.79 Å². The highest BCUT2D eigenvalue weighted by atomic mass is 16.8. The molecule has 0 saturated carbocycles. The third kappa shape index (κ3) is 10.2. The Balaban J connectivity index is 1.36. The van der Waals surface area contributed by atoms with E-state index in [1.165, 1.54) is 51.4 Å². The van der Waals surface area contributed by atoms with Crippen molar-refractivity contribution in [2.45, 2.75) is 122 Å². The van der Waals surface area contributed by atoms with Crippen LogP contribution in [0.2, 0.25) is 0 Å². The Labute approximate surface area is 226 Å². The summed E-state index contributed by atoms with van der Waals surface area (Å²) in [6.45, 7) is 6.83. The number of urea groups is 1. The SMILES string of the molecule is CCCCCCCCCCCCO[C@H]1O[C@H](CNC(=O)Nc2ccc(CC(=O)O)cc2)[C@@H]2OC(C)(C)O[C@H]12. The summed E-state index contributed by atoms with van der Waals surface area (Å²) in [5.41, 5.74) is 1.24. The van der Waals surface area contributed by atoms with Crippen LogP contribution in [0.3, 0.4) is 0 Å². The molecule has 0 unspecified atom stereocenters. The van der Waals surface area contributed by atoms with Crippen molar-refractivity contribution < 1.29 is 33.6 Å². The molecule has 4 atom stereocenters. The van der Waals surface area contributed by atoms with E-state index in [1.807, 2.05) is 13.8 Å². The number of carboxylic acids is 1. The van der Waals surface area contributed by atoms with Crippen molar-refractivity contribution in [3.05, 3.63) is 29.8 Å². The van der Waals surface area contributed by atoms with Crippen LogP contribution in [-0.4, -0.2) is 60.6 Å². The summed E-state index contributed by atoms with van der Waals surface area (Å²) < 4.78 is 24.3. The van der Waals surface area contributed by atoms with Crippen LogP contribution in [0.4, 0.5) is 10.5 Å². The molecule has 2 heterocycles. The molecule has 1 aromatic carbocycles. The lowest BCUT2D eigenvalue weighted by Crippen LogP contribution is -2.41. The molecule has 0 spiro atoms. The number of amides is 2. The molecule has 2 amide bonds. The number of nitrogens with one attached hydrogen (secondary N) is 2. The fourth-order valence-electron chi connectivity index (χ4n) is 4.98. The summed E-state index contributed by atoms with van der Waals surface area (Å²) in [5, 5.41) is 14.5. The molecule has 2 saturated heterocycles. The Bertz CT molecular complexity index is 861. The Hall–Kier alpha value is -2.20. The molecule has 2 aliphatic heterocycles. The van der Waals surface area contributed by atoms with Crippen LogP contribution in [0.5, 0.6) is 0 Å². The number of carbonyl (C=O) groups is 2. The zero-order valence-electron chi connectivity index (χ0n) is 23.2. The van der Waals surface area contributed by atoms with Crippen molar-refractivity contribution in [1.82, 2.24) is 5.32 Å². The van der Waals surface area contributed by atoms with Crippen LogP contribution >= 0.6 is 0 Å². The summed E-state index contributed by atoms with van der Waals surface area (Å²) in [4.78, 5) is 23.3. The van der Waals surface area contributed by atoms with E-state index in [0.29, 0.717) is 17.9 Å². The number of ether oxygens (including phenoxy) is 4. The van der Waals surface area contributed by atoms with Crippen molar-refractivity contribution in [3.63, 3.8) is 0 Å². The first-order valence-electron chi connectivity index (χ1n) is 14.3. The lowest BCUT2D eigenvalue weighted by Gasteiger charge is -2.24. The van der Waals surface area contributed by atoms with Crippen LogP contribution in [0, 0.1) is 0 Å². The number of hydrogen-bond acceptors (Lipinski definition) is 6. The maximum atomic E-state index is 12.4. The Kier molecular flexibility index (Phi) is 12.3. The van der Waals surface area contributed by atoms with Crippen molar-refractivity contribution in [2.75, 3.05) is 18.5 Å². The zero-order valence-corrected chi connectivity index (χ0v) is 23.2. The quantitative estimate of drug-likeness (QED) is 0.222. The molecular weight excluding hydrogens is 488 g/mol. The van der Waals surface area contributed by atoms with Crippen molar-refractivity contribution >= 4 is 17.7 Å². The number of fused-ring (bicyclic) bond motifs is 1. The summed E-state index contributed by atoms with van der Waals surface area (Å²) in [7, 11) is 0. The number of anilines is 1. The van der Waals surface area contributed by atoms with Gasteiger partial charge in [-0.05, 0) is 38.0 Å². The number of benzene rings is 1. The van der Waals surface area contributed by atoms with E-state index in [0.717, 1.165) is 12.8 Å². The highest BCUT2D eigenvalue weighted by Gasteiger charge is 2.55. The number of carboxylic acid groups (broad SMARTS) is 1. The van der Waals surface area contributed by atoms with Gasteiger partial charge in [0.1, 0.15) is 18.3 Å². The molecule has 214 valence electrons. The second-order valence-corrected chi connectivity index (χ2v) is 10.8. The van der Waals surface area contributed by atoms with E-state index in [4.69, 9.17) is 24.1 Å². The molecule has 0 radical (unpaired) electrons. The van der Waals surface area contributed by atoms with E-state index in [9.17, 15) is 9.59 Å². The molecule has 9 nitrogen and oxygen atoms in total. The molecule has 3 rings (SSSR count). The highest BCUT2D eigenvalue weighted by Crippen LogP contribution is 2.39. The van der Waals surface area contributed by atoms with Crippen molar-refractivity contribution in [3.8, 4) is 0 Å².